The number of amides is 3. The van der Waals surface area contributed by atoms with Crippen LogP contribution in [-0.2, 0) is 4.79 Å². The Kier molecular flexibility index (Phi) is 4.55. The van der Waals surface area contributed by atoms with Crippen LogP contribution in [0.2, 0.25) is 0 Å². The number of rotatable bonds is 5. The van der Waals surface area contributed by atoms with Crippen molar-refractivity contribution in [1.29, 1.82) is 0 Å². The summed E-state index contributed by atoms with van der Waals surface area (Å²) in [6.45, 7) is 4.85. The van der Waals surface area contributed by atoms with Crippen molar-refractivity contribution in [2.75, 3.05) is 44.3 Å². The van der Waals surface area contributed by atoms with Gasteiger partial charge in [-0.3, -0.25) is 9.69 Å². The van der Waals surface area contributed by atoms with Crippen molar-refractivity contribution in [2.24, 2.45) is 0 Å². The maximum absolute atomic E-state index is 12.5. The third kappa shape index (κ3) is 3.33. The Bertz CT molecular complexity index is 605. The summed E-state index contributed by atoms with van der Waals surface area (Å²) in [5.41, 5.74) is 0.760. The zero-order valence-electron chi connectivity index (χ0n) is 13.2. The maximum atomic E-state index is 12.5. The maximum Gasteiger partial charge on any atom is 0.325 e. The molecule has 124 valence electrons. The number of ether oxygens (including phenoxy) is 2. The highest BCUT2D eigenvalue weighted by Crippen LogP contribution is 2.34. The second-order valence-corrected chi connectivity index (χ2v) is 5.53. The molecule has 0 bridgehead atoms. The molecule has 0 radical (unpaired) electrons. The lowest BCUT2D eigenvalue weighted by molar-refractivity contribution is -0.121. The first-order valence-corrected chi connectivity index (χ1v) is 7.92. The molecule has 1 saturated heterocycles. The van der Waals surface area contributed by atoms with E-state index in [1.54, 1.807) is 9.80 Å². The number of hydrogen-bond donors (Lipinski definition) is 1. The van der Waals surface area contributed by atoms with Gasteiger partial charge in [0, 0.05) is 31.4 Å². The van der Waals surface area contributed by atoms with Crippen LogP contribution in [0.5, 0.6) is 11.5 Å². The van der Waals surface area contributed by atoms with Gasteiger partial charge in [0.15, 0.2) is 11.5 Å². The Balaban J connectivity index is 1.66. The lowest BCUT2D eigenvalue weighted by Crippen LogP contribution is -2.40. The standard InChI is InChI=1S/C16H21N3O4/c1-2-5-17-15(20)11-18-6-7-19(16(18)21)12-3-4-13-14(10-12)23-9-8-22-13/h3-4,10H,2,5-9,11H2,1H3,(H,17,20). The third-order valence-electron chi connectivity index (χ3n) is 3.84. The molecule has 3 amide bonds. The van der Waals surface area contributed by atoms with E-state index in [1.807, 2.05) is 25.1 Å². The molecule has 3 rings (SSSR count). The van der Waals surface area contributed by atoms with Gasteiger partial charge in [-0.15, -0.1) is 0 Å². The highest BCUT2D eigenvalue weighted by atomic mass is 16.6. The average molecular weight is 319 g/mol. The molecule has 0 saturated carbocycles. The van der Waals surface area contributed by atoms with Gasteiger partial charge in [0.05, 0.1) is 0 Å². The van der Waals surface area contributed by atoms with Crippen LogP contribution >= 0.6 is 0 Å². The molecular weight excluding hydrogens is 298 g/mol. The predicted octanol–water partition coefficient (Wildman–Crippen LogP) is 1.23. The van der Waals surface area contributed by atoms with Crippen LogP contribution < -0.4 is 19.7 Å². The van der Waals surface area contributed by atoms with Crippen molar-refractivity contribution in [1.82, 2.24) is 10.2 Å². The van der Waals surface area contributed by atoms with Gasteiger partial charge in [-0.05, 0) is 18.6 Å². The Labute approximate surface area is 135 Å². The molecule has 0 aromatic heterocycles. The average Bonchev–Trinajstić information content (AvgIpc) is 2.93. The molecule has 0 atom stereocenters. The summed E-state index contributed by atoms with van der Waals surface area (Å²) < 4.78 is 11.0. The predicted molar refractivity (Wildman–Crippen MR) is 85.0 cm³/mol. The topological polar surface area (TPSA) is 71.1 Å². The minimum atomic E-state index is -0.159. The first-order chi connectivity index (χ1) is 11.2. The second kappa shape index (κ2) is 6.76. The molecule has 0 aliphatic carbocycles. The summed E-state index contributed by atoms with van der Waals surface area (Å²) in [5.74, 6) is 1.23. The zero-order chi connectivity index (χ0) is 16.2. The highest BCUT2D eigenvalue weighted by Gasteiger charge is 2.31. The van der Waals surface area contributed by atoms with Gasteiger partial charge in [0.1, 0.15) is 19.8 Å². The van der Waals surface area contributed by atoms with Crippen LogP contribution in [0.1, 0.15) is 13.3 Å². The van der Waals surface area contributed by atoms with E-state index in [2.05, 4.69) is 5.32 Å². The molecule has 1 aromatic rings. The summed E-state index contributed by atoms with van der Waals surface area (Å²) in [7, 11) is 0. The molecule has 2 heterocycles. The quantitative estimate of drug-likeness (QED) is 0.886. The monoisotopic (exact) mass is 319 g/mol. The molecule has 1 N–H and O–H groups in total. The van der Waals surface area contributed by atoms with Gasteiger partial charge in [0.2, 0.25) is 5.91 Å². The molecule has 7 heteroatoms. The molecule has 0 spiro atoms. The van der Waals surface area contributed by atoms with E-state index in [4.69, 9.17) is 9.47 Å². The Morgan fingerprint density at radius 1 is 1.22 bits per heavy atom. The van der Waals surface area contributed by atoms with Crippen LogP contribution in [0.25, 0.3) is 0 Å². The van der Waals surface area contributed by atoms with Crippen LogP contribution in [-0.4, -0.2) is 56.2 Å². The van der Waals surface area contributed by atoms with Crippen molar-refractivity contribution in [3.8, 4) is 11.5 Å². The number of carbonyl (C=O) groups is 2. The molecular formula is C16H21N3O4. The lowest BCUT2D eigenvalue weighted by Gasteiger charge is -2.22. The highest BCUT2D eigenvalue weighted by molar-refractivity contribution is 5.96. The summed E-state index contributed by atoms with van der Waals surface area (Å²) in [6, 6.07) is 5.31. The molecule has 1 aromatic carbocycles. The number of benzene rings is 1. The number of carbonyl (C=O) groups excluding carboxylic acids is 2. The first kappa shape index (κ1) is 15.5. The summed E-state index contributed by atoms with van der Waals surface area (Å²) >= 11 is 0. The molecule has 1 fully saturated rings. The van der Waals surface area contributed by atoms with Gasteiger partial charge in [-0.2, -0.15) is 0 Å². The molecule has 2 aliphatic heterocycles. The number of anilines is 1. The largest absolute Gasteiger partial charge is 0.486 e. The van der Waals surface area contributed by atoms with E-state index in [-0.39, 0.29) is 18.5 Å². The summed E-state index contributed by atoms with van der Waals surface area (Å²) in [6.07, 6.45) is 0.878. The fourth-order valence-electron chi connectivity index (χ4n) is 2.66. The molecule has 2 aliphatic rings. The van der Waals surface area contributed by atoms with Crippen molar-refractivity contribution < 1.29 is 19.1 Å². The number of urea groups is 1. The fourth-order valence-corrected chi connectivity index (χ4v) is 2.66. The number of hydrogen-bond acceptors (Lipinski definition) is 4. The second-order valence-electron chi connectivity index (χ2n) is 5.53. The minimum absolute atomic E-state index is 0.0971. The van der Waals surface area contributed by atoms with E-state index in [1.165, 1.54) is 0 Å². The zero-order valence-corrected chi connectivity index (χ0v) is 13.2. The van der Waals surface area contributed by atoms with Gasteiger partial charge in [-0.1, -0.05) is 6.92 Å². The lowest BCUT2D eigenvalue weighted by atomic mass is 10.2. The molecule has 0 unspecified atom stereocenters. The SMILES string of the molecule is CCCNC(=O)CN1CCN(c2ccc3c(c2)OCCO3)C1=O. The van der Waals surface area contributed by atoms with E-state index in [9.17, 15) is 9.59 Å². The van der Waals surface area contributed by atoms with Crippen molar-refractivity contribution in [2.45, 2.75) is 13.3 Å². The van der Waals surface area contributed by atoms with Crippen LogP contribution in [0, 0.1) is 0 Å². The van der Waals surface area contributed by atoms with Gasteiger partial charge < -0.3 is 19.7 Å². The summed E-state index contributed by atoms with van der Waals surface area (Å²) in [4.78, 5) is 27.5. The van der Waals surface area contributed by atoms with Crippen molar-refractivity contribution in [3.63, 3.8) is 0 Å². The smallest absolute Gasteiger partial charge is 0.325 e. The van der Waals surface area contributed by atoms with Crippen molar-refractivity contribution >= 4 is 17.6 Å². The van der Waals surface area contributed by atoms with Gasteiger partial charge in [0.25, 0.3) is 0 Å². The third-order valence-corrected chi connectivity index (χ3v) is 3.84. The van der Waals surface area contributed by atoms with Gasteiger partial charge >= 0.3 is 6.03 Å². The summed E-state index contributed by atoms with van der Waals surface area (Å²) in [5, 5.41) is 2.79. The van der Waals surface area contributed by atoms with Crippen LogP contribution in [0.3, 0.4) is 0 Å². The van der Waals surface area contributed by atoms with Crippen LogP contribution in [0.15, 0.2) is 18.2 Å². The Morgan fingerprint density at radius 3 is 2.78 bits per heavy atom. The molecule has 7 nitrogen and oxygen atoms in total. The van der Waals surface area contributed by atoms with Gasteiger partial charge in [-0.25, -0.2) is 4.79 Å². The number of fused-ring (bicyclic) bond motifs is 1. The van der Waals surface area contributed by atoms with Crippen LogP contribution in [0.4, 0.5) is 10.5 Å². The normalized spacial score (nSPS) is 16.7. The minimum Gasteiger partial charge on any atom is -0.486 e. The Hall–Kier alpha value is -2.44. The Morgan fingerprint density at radius 2 is 2.00 bits per heavy atom. The van der Waals surface area contributed by atoms with Crippen molar-refractivity contribution in [3.05, 3.63) is 18.2 Å². The van der Waals surface area contributed by atoms with E-state index >= 15 is 0 Å². The van der Waals surface area contributed by atoms with E-state index in [0.29, 0.717) is 44.3 Å². The van der Waals surface area contributed by atoms with E-state index in [0.717, 1.165) is 12.1 Å². The fraction of sp³-hybridized carbons (Fsp3) is 0.500. The number of nitrogens with zero attached hydrogens (tertiary/aromatic N) is 2. The number of nitrogens with one attached hydrogen (secondary N) is 1. The molecule has 23 heavy (non-hydrogen) atoms. The van der Waals surface area contributed by atoms with E-state index < -0.39 is 0 Å². The first-order valence-electron chi connectivity index (χ1n) is 7.92.